The van der Waals surface area contributed by atoms with Crippen molar-refractivity contribution in [3.8, 4) is 11.5 Å². The Balaban J connectivity index is 0.000000201. The molecule has 2 aromatic rings. The van der Waals surface area contributed by atoms with E-state index in [1.807, 2.05) is 65.2 Å². The van der Waals surface area contributed by atoms with Crippen molar-refractivity contribution in [2.24, 2.45) is 0 Å². The Morgan fingerprint density at radius 1 is 0.519 bits per heavy atom. The molecule has 4 fully saturated rings. The maximum Gasteiger partial charge on any atom is 0.573 e. The number of hydrogen-bond acceptors (Lipinski definition) is 10. The highest BCUT2D eigenvalue weighted by Crippen LogP contribution is 2.40. The number of benzene rings is 2. The summed E-state index contributed by atoms with van der Waals surface area (Å²) in [4.78, 5) is 3.93. The molecule has 4 aliphatic rings. The third kappa shape index (κ3) is 9.07. The molecule has 2 aromatic carbocycles. The van der Waals surface area contributed by atoms with Crippen LogP contribution in [0.25, 0.3) is 0 Å². The second-order valence-electron chi connectivity index (χ2n) is 14.8. The van der Waals surface area contributed by atoms with E-state index in [4.69, 9.17) is 28.1 Å². The van der Waals surface area contributed by atoms with E-state index in [9.17, 15) is 26.3 Å². The number of anilines is 2. The monoisotopic (exact) mass is 746 g/mol. The van der Waals surface area contributed by atoms with Gasteiger partial charge in [-0.1, -0.05) is 12.1 Å². The van der Waals surface area contributed by atoms with E-state index >= 15 is 0 Å². The third-order valence-corrected chi connectivity index (χ3v) is 10.2. The van der Waals surface area contributed by atoms with Gasteiger partial charge in [0.25, 0.3) is 0 Å². The van der Waals surface area contributed by atoms with Crippen LogP contribution in [0, 0.1) is 0 Å². The Kier molecular flexibility index (Phi) is 11.4. The second kappa shape index (κ2) is 14.7. The molecule has 0 N–H and O–H groups in total. The lowest BCUT2D eigenvalue weighted by atomic mass is 9.76. The normalized spacial score (nSPS) is 22.6. The zero-order valence-corrected chi connectivity index (χ0v) is 30.7. The van der Waals surface area contributed by atoms with E-state index in [0.29, 0.717) is 64.0 Å². The molecule has 18 heteroatoms. The molecule has 52 heavy (non-hydrogen) atoms. The Labute approximate surface area is 301 Å². The summed E-state index contributed by atoms with van der Waals surface area (Å²) in [5.41, 5.74) is -0.981. The van der Waals surface area contributed by atoms with E-state index in [-0.39, 0.29) is 22.4 Å². The molecule has 0 spiro atoms. The van der Waals surface area contributed by atoms with Gasteiger partial charge in [0.1, 0.15) is 11.5 Å². The van der Waals surface area contributed by atoms with E-state index in [1.165, 1.54) is 12.1 Å². The molecule has 6 rings (SSSR count). The van der Waals surface area contributed by atoms with Gasteiger partial charge < -0.3 is 47.4 Å². The SMILES string of the molecule is CC1(C)OB(c2c(OC(F)(F)F)cccc2N2CCOCC2)OC1(C)C.CC1(C)OB(c2c(OC(F)(F)F)cccc2N2CCOCC2)OC1(C)C. The van der Waals surface area contributed by atoms with Crippen LogP contribution in [-0.2, 0) is 28.1 Å². The molecule has 0 amide bonds. The van der Waals surface area contributed by atoms with Crippen molar-refractivity contribution < 1.29 is 63.9 Å². The molecule has 0 saturated carbocycles. The number of alkyl halides is 6. The summed E-state index contributed by atoms with van der Waals surface area (Å²) in [6, 6.07) is 9.18. The lowest BCUT2D eigenvalue weighted by molar-refractivity contribution is -0.275. The third-order valence-electron chi connectivity index (χ3n) is 10.2. The van der Waals surface area contributed by atoms with Crippen LogP contribution in [-0.4, -0.2) is 102 Å². The fraction of sp³-hybridized carbons (Fsp3) is 0.647. The van der Waals surface area contributed by atoms with Crippen molar-refractivity contribution in [2.45, 2.75) is 90.5 Å². The first-order valence-corrected chi connectivity index (χ1v) is 17.1. The zero-order chi connectivity index (χ0) is 38.3. The number of hydrogen-bond donors (Lipinski definition) is 0. The first-order valence-electron chi connectivity index (χ1n) is 17.1. The van der Waals surface area contributed by atoms with Gasteiger partial charge >= 0.3 is 27.0 Å². The fourth-order valence-corrected chi connectivity index (χ4v) is 6.05. The molecule has 0 radical (unpaired) electrons. The van der Waals surface area contributed by atoms with Crippen molar-refractivity contribution in [1.29, 1.82) is 0 Å². The molecular weight excluding hydrogens is 700 g/mol. The van der Waals surface area contributed by atoms with Gasteiger partial charge in [-0.15, -0.1) is 26.3 Å². The average Bonchev–Trinajstić information content (AvgIpc) is 3.39. The van der Waals surface area contributed by atoms with Crippen LogP contribution in [0.4, 0.5) is 37.7 Å². The molecule has 4 aliphatic heterocycles. The van der Waals surface area contributed by atoms with Gasteiger partial charge in [0.05, 0.1) is 48.8 Å². The number of nitrogens with zero attached hydrogens (tertiary/aromatic N) is 2. The summed E-state index contributed by atoms with van der Waals surface area (Å²) in [6.45, 7) is 19.2. The van der Waals surface area contributed by atoms with Gasteiger partial charge in [-0.3, -0.25) is 0 Å². The summed E-state index contributed by atoms with van der Waals surface area (Å²) in [6.07, 6.45) is -9.61. The van der Waals surface area contributed by atoms with E-state index in [1.54, 1.807) is 24.3 Å². The van der Waals surface area contributed by atoms with Crippen molar-refractivity contribution in [2.75, 3.05) is 62.4 Å². The Hall–Kier alpha value is -2.89. The first-order chi connectivity index (χ1) is 24.0. The Bertz CT molecular complexity index is 1400. The summed E-state index contributed by atoms with van der Waals surface area (Å²) in [5.74, 6) is -0.611. The lowest BCUT2D eigenvalue weighted by Crippen LogP contribution is -2.44. The highest BCUT2D eigenvalue weighted by atomic mass is 19.4. The van der Waals surface area contributed by atoms with Crippen LogP contribution in [0.3, 0.4) is 0 Å². The van der Waals surface area contributed by atoms with Crippen LogP contribution >= 0.6 is 0 Å². The highest BCUT2D eigenvalue weighted by molar-refractivity contribution is 6.65. The number of morpholine rings is 2. The quantitative estimate of drug-likeness (QED) is 0.282. The maximum atomic E-state index is 12.9. The minimum absolute atomic E-state index is 0.255. The van der Waals surface area contributed by atoms with Crippen molar-refractivity contribution in [1.82, 2.24) is 0 Å². The van der Waals surface area contributed by atoms with Gasteiger partial charge in [0.2, 0.25) is 0 Å². The van der Waals surface area contributed by atoms with Crippen LogP contribution in [0.15, 0.2) is 36.4 Å². The molecule has 4 saturated heterocycles. The molecule has 288 valence electrons. The predicted molar refractivity (Wildman–Crippen MR) is 184 cm³/mol. The van der Waals surface area contributed by atoms with Gasteiger partial charge in [-0.2, -0.15) is 0 Å². The van der Waals surface area contributed by atoms with Crippen LogP contribution < -0.4 is 30.2 Å². The Morgan fingerprint density at radius 3 is 1.08 bits per heavy atom. The molecule has 4 heterocycles. The smallest absolute Gasteiger partial charge is 0.406 e. The summed E-state index contributed by atoms with van der Waals surface area (Å²) >= 11 is 0. The minimum Gasteiger partial charge on any atom is -0.406 e. The summed E-state index contributed by atoms with van der Waals surface area (Å²) in [7, 11) is -1.92. The van der Waals surface area contributed by atoms with E-state index < -0.39 is 49.4 Å². The van der Waals surface area contributed by atoms with Crippen LogP contribution in [0.2, 0.25) is 0 Å². The molecule has 10 nitrogen and oxygen atoms in total. The summed E-state index contributed by atoms with van der Waals surface area (Å²) in [5, 5.41) is 0. The highest BCUT2D eigenvalue weighted by Gasteiger charge is 2.55. The standard InChI is InChI=1S/2C17H23BF3NO4/c2*1-15(2)16(3,4)26-18(25-15)14-12(22-8-10-23-11-9-22)6-5-7-13(14)24-17(19,20)21/h2*5-7H,8-11H2,1-4H3. The topological polar surface area (TPSA) is 80.3 Å². The van der Waals surface area contributed by atoms with E-state index in [2.05, 4.69) is 9.47 Å². The number of rotatable bonds is 6. The summed E-state index contributed by atoms with van der Waals surface area (Å²) < 4.78 is 121. The molecule has 0 unspecified atom stereocenters. The van der Waals surface area contributed by atoms with Gasteiger partial charge in [-0.05, 0) is 79.7 Å². The van der Waals surface area contributed by atoms with Crippen molar-refractivity contribution >= 4 is 36.5 Å². The molecular formula is C34H46B2F6N2O8. The van der Waals surface area contributed by atoms with E-state index in [0.717, 1.165) is 0 Å². The van der Waals surface area contributed by atoms with Crippen LogP contribution in [0.5, 0.6) is 11.5 Å². The van der Waals surface area contributed by atoms with Crippen LogP contribution in [0.1, 0.15) is 55.4 Å². The fourth-order valence-electron chi connectivity index (χ4n) is 6.05. The Morgan fingerprint density at radius 2 is 0.808 bits per heavy atom. The second-order valence-corrected chi connectivity index (χ2v) is 14.8. The maximum absolute atomic E-state index is 12.9. The first kappa shape index (κ1) is 40.3. The van der Waals surface area contributed by atoms with Gasteiger partial charge in [0.15, 0.2) is 0 Å². The number of halogens is 6. The lowest BCUT2D eigenvalue weighted by Gasteiger charge is -2.32. The van der Waals surface area contributed by atoms with Gasteiger partial charge in [0, 0.05) is 48.5 Å². The van der Waals surface area contributed by atoms with Crippen molar-refractivity contribution in [3.05, 3.63) is 36.4 Å². The molecule has 0 bridgehead atoms. The average molecular weight is 746 g/mol. The van der Waals surface area contributed by atoms with Gasteiger partial charge in [-0.25, -0.2) is 0 Å². The molecule has 0 aromatic heterocycles. The molecule has 0 aliphatic carbocycles. The van der Waals surface area contributed by atoms with Crippen molar-refractivity contribution in [3.63, 3.8) is 0 Å². The zero-order valence-electron chi connectivity index (χ0n) is 30.7. The predicted octanol–water partition coefficient (Wildman–Crippen LogP) is 5.44. The molecule has 0 atom stereocenters. The minimum atomic E-state index is -4.80. The number of ether oxygens (including phenoxy) is 4. The largest absolute Gasteiger partial charge is 0.573 e.